The summed E-state index contributed by atoms with van der Waals surface area (Å²) in [7, 11) is 0. The van der Waals surface area contributed by atoms with Crippen LogP contribution in [0.25, 0.3) is 16.5 Å². The van der Waals surface area contributed by atoms with Crippen molar-refractivity contribution in [1.82, 2.24) is 15.0 Å². The molecular formula is C12H8N3O. The zero-order chi connectivity index (χ0) is 11.0. The number of hydrogen-bond donors (Lipinski definition) is 1. The Morgan fingerprint density at radius 3 is 2.69 bits per heavy atom. The molecule has 1 radical (unpaired) electrons. The standard InChI is InChI=1S/C12H8N3O/c16-12-8-13-15(14-12)11-7-3-5-9-4-1-2-6-10(9)11/h1-7H,(H,14,16). The van der Waals surface area contributed by atoms with Crippen LogP contribution in [0.4, 0.5) is 0 Å². The Morgan fingerprint density at radius 1 is 1.06 bits per heavy atom. The Labute approximate surface area is 91.8 Å². The first-order chi connectivity index (χ1) is 7.84. The van der Waals surface area contributed by atoms with Crippen molar-refractivity contribution in [3.8, 4) is 11.6 Å². The van der Waals surface area contributed by atoms with E-state index in [1.807, 2.05) is 42.5 Å². The zero-order valence-corrected chi connectivity index (χ0v) is 8.33. The molecule has 1 heterocycles. The van der Waals surface area contributed by atoms with Gasteiger partial charge in [0.2, 0.25) is 0 Å². The molecule has 4 heteroatoms. The molecular weight excluding hydrogens is 202 g/mol. The van der Waals surface area contributed by atoms with Crippen LogP contribution in [0.1, 0.15) is 0 Å². The maximum atomic E-state index is 9.14. The van der Waals surface area contributed by atoms with Crippen LogP contribution in [0.3, 0.4) is 0 Å². The highest BCUT2D eigenvalue weighted by molar-refractivity contribution is 5.89. The van der Waals surface area contributed by atoms with Crippen LogP contribution in [0.5, 0.6) is 5.88 Å². The van der Waals surface area contributed by atoms with E-state index in [2.05, 4.69) is 16.4 Å². The zero-order valence-electron chi connectivity index (χ0n) is 8.33. The fourth-order valence-electron chi connectivity index (χ4n) is 1.72. The molecule has 4 nitrogen and oxygen atoms in total. The Balaban J connectivity index is 2.31. The number of aromatic nitrogens is 3. The molecule has 1 N–H and O–H groups in total. The highest BCUT2D eigenvalue weighted by atomic mass is 16.3. The molecule has 0 aliphatic heterocycles. The summed E-state index contributed by atoms with van der Waals surface area (Å²) in [6, 6.07) is 13.8. The van der Waals surface area contributed by atoms with Crippen LogP contribution < -0.4 is 0 Å². The van der Waals surface area contributed by atoms with Gasteiger partial charge in [0.05, 0.1) is 5.69 Å². The van der Waals surface area contributed by atoms with Gasteiger partial charge in [-0.05, 0) is 11.5 Å². The molecule has 0 atom stereocenters. The summed E-state index contributed by atoms with van der Waals surface area (Å²) >= 11 is 0. The topological polar surface area (TPSA) is 50.9 Å². The minimum absolute atomic E-state index is 0.201. The Hall–Kier alpha value is -2.36. The summed E-state index contributed by atoms with van der Waals surface area (Å²) < 4.78 is 0. The van der Waals surface area contributed by atoms with Crippen molar-refractivity contribution in [1.29, 1.82) is 0 Å². The number of fused-ring (bicyclic) bond motifs is 1. The lowest BCUT2D eigenvalue weighted by molar-refractivity contribution is 0.447. The number of rotatable bonds is 1. The number of hydrogen-bond acceptors (Lipinski definition) is 3. The quantitative estimate of drug-likeness (QED) is 0.667. The van der Waals surface area contributed by atoms with Crippen LogP contribution in [-0.4, -0.2) is 20.1 Å². The summed E-state index contributed by atoms with van der Waals surface area (Å²) in [4.78, 5) is 1.37. The second kappa shape index (κ2) is 3.34. The van der Waals surface area contributed by atoms with Gasteiger partial charge in [0.15, 0.2) is 6.20 Å². The largest absolute Gasteiger partial charge is 0.491 e. The summed E-state index contributed by atoms with van der Waals surface area (Å²) in [6.07, 6.45) is 2.39. The predicted molar refractivity (Wildman–Crippen MR) is 59.4 cm³/mol. The predicted octanol–water partition coefficient (Wildman–Crippen LogP) is 1.93. The van der Waals surface area contributed by atoms with Crippen molar-refractivity contribution in [3.63, 3.8) is 0 Å². The van der Waals surface area contributed by atoms with Gasteiger partial charge in [-0.15, -0.1) is 15.0 Å². The first-order valence-corrected chi connectivity index (χ1v) is 4.87. The molecule has 0 unspecified atom stereocenters. The Kier molecular flexibility index (Phi) is 1.86. The van der Waals surface area contributed by atoms with Crippen molar-refractivity contribution in [2.75, 3.05) is 0 Å². The summed E-state index contributed by atoms with van der Waals surface area (Å²) in [5.74, 6) is -0.201. The summed E-state index contributed by atoms with van der Waals surface area (Å²) in [5, 5.41) is 19.0. The third kappa shape index (κ3) is 1.32. The highest BCUT2D eigenvalue weighted by Crippen LogP contribution is 2.21. The van der Waals surface area contributed by atoms with E-state index in [9.17, 15) is 0 Å². The van der Waals surface area contributed by atoms with Crippen LogP contribution in [0.15, 0.2) is 42.5 Å². The fourth-order valence-corrected chi connectivity index (χ4v) is 1.72. The molecule has 2 aromatic carbocycles. The minimum Gasteiger partial charge on any atom is -0.491 e. The number of nitrogens with zero attached hydrogens (tertiary/aromatic N) is 3. The van der Waals surface area contributed by atoms with E-state index in [0.29, 0.717) is 0 Å². The maximum Gasteiger partial charge on any atom is 0.261 e. The number of benzene rings is 2. The van der Waals surface area contributed by atoms with Crippen molar-refractivity contribution in [3.05, 3.63) is 48.7 Å². The molecule has 3 rings (SSSR count). The lowest BCUT2D eigenvalue weighted by Crippen LogP contribution is -1.98. The van der Waals surface area contributed by atoms with Gasteiger partial charge < -0.3 is 5.11 Å². The van der Waals surface area contributed by atoms with Gasteiger partial charge in [-0.25, -0.2) is 0 Å². The van der Waals surface area contributed by atoms with E-state index in [4.69, 9.17) is 5.11 Å². The van der Waals surface area contributed by atoms with Crippen LogP contribution >= 0.6 is 0 Å². The van der Waals surface area contributed by atoms with E-state index >= 15 is 0 Å². The van der Waals surface area contributed by atoms with E-state index in [0.717, 1.165) is 16.5 Å². The molecule has 0 aliphatic carbocycles. The SMILES string of the molecule is Oc1[c]nn(-c2cccc3ccccc23)n1. The molecule has 0 saturated carbocycles. The van der Waals surface area contributed by atoms with Gasteiger partial charge in [0, 0.05) is 5.39 Å². The minimum atomic E-state index is -0.201. The van der Waals surface area contributed by atoms with Gasteiger partial charge >= 0.3 is 0 Å². The second-order valence-electron chi connectivity index (χ2n) is 3.42. The van der Waals surface area contributed by atoms with Crippen LogP contribution in [-0.2, 0) is 0 Å². The van der Waals surface area contributed by atoms with E-state index < -0.39 is 0 Å². The second-order valence-corrected chi connectivity index (χ2v) is 3.42. The monoisotopic (exact) mass is 210 g/mol. The third-order valence-corrected chi connectivity index (χ3v) is 2.42. The molecule has 0 saturated heterocycles. The normalized spacial score (nSPS) is 10.8. The Morgan fingerprint density at radius 2 is 1.88 bits per heavy atom. The molecule has 0 amide bonds. The fraction of sp³-hybridized carbons (Fsp3) is 0. The molecule has 1 aromatic heterocycles. The smallest absolute Gasteiger partial charge is 0.261 e. The number of aromatic hydroxyl groups is 1. The molecule has 77 valence electrons. The average Bonchev–Trinajstić information content (AvgIpc) is 2.75. The van der Waals surface area contributed by atoms with Crippen molar-refractivity contribution >= 4 is 10.8 Å². The lowest BCUT2D eigenvalue weighted by Gasteiger charge is -2.04. The van der Waals surface area contributed by atoms with E-state index in [1.54, 1.807) is 0 Å². The molecule has 0 spiro atoms. The van der Waals surface area contributed by atoms with Gasteiger partial charge in [0.1, 0.15) is 0 Å². The van der Waals surface area contributed by atoms with E-state index in [1.165, 1.54) is 4.80 Å². The third-order valence-electron chi connectivity index (χ3n) is 2.42. The highest BCUT2D eigenvalue weighted by Gasteiger charge is 2.05. The molecule has 16 heavy (non-hydrogen) atoms. The summed E-state index contributed by atoms with van der Waals surface area (Å²) in [6.45, 7) is 0. The van der Waals surface area contributed by atoms with Crippen LogP contribution in [0.2, 0.25) is 0 Å². The summed E-state index contributed by atoms with van der Waals surface area (Å²) in [5.41, 5.74) is 0.828. The molecule has 3 aromatic rings. The molecule has 0 aliphatic rings. The van der Waals surface area contributed by atoms with Crippen LogP contribution in [0, 0.1) is 6.20 Å². The van der Waals surface area contributed by atoms with Crippen molar-refractivity contribution in [2.45, 2.75) is 0 Å². The van der Waals surface area contributed by atoms with Gasteiger partial charge in [-0.1, -0.05) is 36.4 Å². The van der Waals surface area contributed by atoms with Gasteiger partial charge in [-0.2, -0.15) is 0 Å². The van der Waals surface area contributed by atoms with E-state index in [-0.39, 0.29) is 5.88 Å². The molecule has 0 bridgehead atoms. The first kappa shape index (κ1) is 8.91. The molecule has 0 fully saturated rings. The lowest BCUT2D eigenvalue weighted by atomic mass is 10.1. The Bertz CT molecular complexity index is 640. The van der Waals surface area contributed by atoms with Crippen molar-refractivity contribution < 1.29 is 5.11 Å². The average molecular weight is 210 g/mol. The van der Waals surface area contributed by atoms with Crippen molar-refractivity contribution in [2.24, 2.45) is 0 Å². The van der Waals surface area contributed by atoms with Gasteiger partial charge in [-0.3, -0.25) is 0 Å². The maximum absolute atomic E-state index is 9.14. The first-order valence-electron chi connectivity index (χ1n) is 4.87. The van der Waals surface area contributed by atoms with Gasteiger partial charge in [0.25, 0.3) is 5.88 Å².